The van der Waals surface area contributed by atoms with E-state index in [2.05, 4.69) is 15.9 Å². The van der Waals surface area contributed by atoms with Crippen LogP contribution in [0.1, 0.15) is 45.5 Å². The maximum Gasteiger partial charge on any atom is 0.466 e. The third kappa shape index (κ3) is 3.36. The van der Waals surface area contributed by atoms with E-state index in [-0.39, 0.29) is 12.0 Å². The van der Waals surface area contributed by atoms with Crippen molar-refractivity contribution in [3.05, 3.63) is 34.1 Å². The van der Waals surface area contributed by atoms with Crippen molar-refractivity contribution in [1.29, 1.82) is 0 Å². The summed E-state index contributed by atoms with van der Waals surface area (Å²) in [5.74, 6) is -2.22. The SMILES string of the molecule is CC1(C)OB(C(CC(=O)O)c2cc(Br)ccc2F)OC1(C)C. The predicted molar refractivity (Wildman–Crippen MR) is 85.2 cm³/mol. The van der Waals surface area contributed by atoms with Crippen LogP contribution in [0.15, 0.2) is 22.7 Å². The largest absolute Gasteiger partial charge is 0.481 e. The van der Waals surface area contributed by atoms with Gasteiger partial charge in [-0.3, -0.25) is 4.79 Å². The summed E-state index contributed by atoms with van der Waals surface area (Å²) in [5.41, 5.74) is -0.927. The fraction of sp³-hybridized carbons (Fsp3) is 0.533. The highest BCUT2D eigenvalue weighted by Gasteiger charge is 2.54. The Morgan fingerprint density at radius 1 is 1.32 bits per heavy atom. The number of carboxylic acids is 1. The van der Waals surface area contributed by atoms with E-state index in [0.717, 1.165) is 0 Å². The second kappa shape index (κ2) is 5.94. The maximum absolute atomic E-state index is 14.2. The molecule has 1 saturated heterocycles. The van der Waals surface area contributed by atoms with Crippen LogP contribution >= 0.6 is 15.9 Å². The number of hydrogen-bond donors (Lipinski definition) is 1. The fourth-order valence-corrected chi connectivity index (χ4v) is 2.77. The van der Waals surface area contributed by atoms with Crippen LogP contribution in [-0.2, 0) is 14.1 Å². The molecule has 1 unspecified atom stereocenters. The van der Waals surface area contributed by atoms with Crippen molar-refractivity contribution in [1.82, 2.24) is 0 Å². The van der Waals surface area contributed by atoms with Gasteiger partial charge in [-0.1, -0.05) is 15.9 Å². The van der Waals surface area contributed by atoms with E-state index in [1.54, 1.807) is 12.1 Å². The van der Waals surface area contributed by atoms with Crippen molar-refractivity contribution in [2.75, 3.05) is 0 Å². The van der Waals surface area contributed by atoms with Gasteiger partial charge in [-0.25, -0.2) is 4.39 Å². The van der Waals surface area contributed by atoms with Gasteiger partial charge in [-0.15, -0.1) is 0 Å². The number of benzene rings is 1. The Balaban J connectivity index is 2.40. The van der Waals surface area contributed by atoms with E-state index >= 15 is 0 Å². The van der Waals surface area contributed by atoms with Crippen molar-refractivity contribution in [2.24, 2.45) is 0 Å². The van der Waals surface area contributed by atoms with Gasteiger partial charge in [0.2, 0.25) is 0 Å². The molecule has 2 rings (SSSR count). The van der Waals surface area contributed by atoms with Crippen LogP contribution in [0, 0.1) is 5.82 Å². The molecule has 1 atom stereocenters. The quantitative estimate of drug-likeness (QED) is 0.817. The molecule has 1 aliphatic heterocycles. The van der Waals surface area contributed by atoms with Gasteiger partial charge in [0, 0.05) is 10.3 Å². The molecule has 0 amide bonds. The highest BCUT2D eigenvalue weighted by molar-refractivity contribution is 9.10. The van der Waals surface area contributed by atoms with Crippen LogP contribution in [0.5, 0.6) is 0 Å². The zero-order valence-corrected chi connectivity index (χ0v) is 14.6. The lowest BCUT2D eigenvalue weighted by atomic mass is 9.66. The number of hydrogen-bond acceptors (Lipinski definition) is 3. The van der Waals surface area contributed by atoms with Gasteiger partial charge in [-0.05, 0) is 51.5 Å². The normalized spacial score (nSPS) is 20.9. The molecule has 1 aromatic rings. The van der Waals surface area contributed by atoms with Gasteiger partial charge in [-0.2, -0.15) is 0 Å². The summed E-state index contributed by atoms with van der Waals surface area (Å²) >= 11 is 3.29. The smallest absolute Gasteiger partial charge is 0.466 e. The molecule has 0 spiro atoms. The fourth-order valence-electron chi connectivity index (χ4n) is 2.39. The summed E-state index contributed by atoms with van der Waals surface area (Å²) < 4.78 is 26.7. The average Bonchev–Trinajstić information content (AvgIpc) is 2.58. The topological polar surface area (TPSA) is 55.8 Å². The lowest BCUT2D eigenvalue weighted by molar-refractivity contribution is -0.137. The first-order chi connectivity index (χ1) is 10.0. The van der Waals surface area contributed by atoms with Gasteiger partial charge >= 0.3 is 13.1 Å². The highest BCUT2D eigenvalue weighted by atomic mass is 79.9. The maximum atomic E-state index is 14.2. The minimum atomic E-state index is -1.03. The Morgan fingerprint density at radius 3 is 2.36 bits per heavy atom. The van der Waals surface area contributed by atoms with Gasteiger partial charge in [0.15, 0.2) is 0 Å². The minimum absolute atomic E-state index is 0.273. The second-order valence-corrected chi connectivity index (χ2v) is 7.41. The van der Waals surface area contributed by atoms with E-state index in [1.165, 1.54) is 6.07 Å². The Hall–Kier alpha value is -0.915. The second-order valence-electron chi connectivity index (χ2n) is 6.49. The van der Waals surface area contributed by atoms with Crippen molar-refractivity contribution in [2.45, 2.75) is 51.1 Å². The molecule has 0 saturated carbocycles. The molecular formula is C15H19BBrFO4. The summed E-state index contributed by atoms with van der Waals surface area (Å²) in [7, 11) is -0.815. The highest BCUT2D eigenvalue weighted by Crippen LogP contribution is 2.42. The van der Waals surface area contributed by atoms with Crippen LogP contribution in [-0.4, -0.2) is 29.4 Å². The van der Waals surface area contributed by atoms with Crippen molar-refractivity contribution in [3.8, 4) is 0 Å². The molecule has 22 heavy (non-hydrogen) atoms. The van der Waals surface area contributed by atoms with Gasteiger partial charge in [0.25, 0.3) is 0 Å². The van der Waals surface area contributed by atoms with E-state index in [1.807, 2.05) is 27.7 Å². The van der Waals surface area contributed by atoms with Crippen LogP contribution in [0.2, 0.25) is 0 Å². The molecule has 1 heterocycles. The Morgan fingerprint density at radius 2 is 1.86 bits per heavy atom. The first kappa shape index (κ1) is 17.4. The number of aliphatic carboxylic acids is 1. The Kier molecular flexibility index (Phi) is 4.71. The van der Waals surface area contributed by atoms with Gasteiger partial charge in [0.05, 0.1) is 17.6 Å². The molecule has 0 aliphatic carbocycles. The standard InChI is InChI=1S/C15H19BBrFO4/c1-14(2)15(3,4)22-16(21-14)11(8-13(19)20)10-7-9(17)5-6-12(10)18/h5-7,11H,8H2,1-4H3,(H,19,20). The van der Waals surface area contributed by atoms with Crippen LogP contribution in [0.4, 0.5) is 4.39 Å². The molecule has 1 aromatic carbocycles. The summed E-state index contributed by atoms with van der Waals surface area (Å²) in [6.45, 7) is 7.51. The zero-order valence-electron chi connectivity index (χ0n) is 13.0. The van der Waals surface area contributed by atoms with Crippen molar-refractivity contribution in [3.63, 3.8) is 0 Å². The van der Waals surface area contributed by atoms with Crippen molar-refractivity contribution >= 4 is 29.0 Å². The summed E-state index contributed by atoms with van der Waals surface area (Å²) in [5, 5.41) is 9.18. The van der Waals surface area contributed by atoms with Crippen molar-refractivity contribution < 1.29 is 23.6 Å². The Labute approximate surface area is 138 Å². The van der Waals surface area contributed by atoms with Gasteiger partial charge < -0.3 is 14.4 Å². The monoisotopic (exact) mass is 372 g/mol. The zero-order chi connectivity index (χ0) is 16.7. The van der Waals surface area contributed by atoms with Gasteiger partial charge in [0.1, 0.15) is 5.82 Å². The summed E-state index contributed by atoms with van der Waals surface area (Å²) in [6.07, 6.45) is -0.274. The average molecular weight is 373 g/mol. The van der Waals surface area contributed by atoms with E-state index in [4.69, 9.17) is 9.31 Å². The number of carboxylic acid groups (broad SMARTS) is 1. The Bertz CT molecular complexity index is 575. The first-order valence-electron chi connectivity index (χ1n) is 7.06. The van der Waals surface area contributed by atoms with Crippen LogP contribution < -0.4 is 0 Å². The lowest BCUT2D eigenvalue weighted by Crippen LogP contribution is -2.41. The number of rotatable bonds is 4. The lowest BCUT2D eigenvalue weighted by Gasteiger charge is -2.32. The molecule has 7 heteroatoms. The molecule has 0 bridgehead atoms. The molecule has 120 valence electrons. The molecule has 0 aromatic heterocycles. The third-order valence-corrected chi connectivity index (χ3v) is 4.85. The predicted octanol–water partition coefficient (Wildman–Crippen LogP) is 3.78. The van der Waals surface area contributed by atoms with E-state index < -0.39 is 35.9 Å². The molecule has 1 N–H and O–H groups in total. The van der Waals surface area contributed by atoms with Crippen LogP contribution in [0.3, 0.4) is 0 Å². The molecular weight excluding hydrogens is 354 g/mol. The molecule has 0 radical (unpaired) electrons. The summed E-state index contributed by atoms with van der Waals surface area (Å²) in [6, 6.07) is 4.45. The van der Waals surface area contributed by atoms with Crippen LogP contribution in [0.25, 0.3) is 0 Å². The molecule has 1 fully saturated rings. The third-order valence-electron chi connectivity index (χ3n) is 4.35. The molecule has 1 aliphatic rings. The number of halogens is 2. The number of carbonyl (C=O) groups is 1. The van der Waals surface area contributed by atoms with E-state index in [9.17, 15) is 14.3 Å². The minimum Gasteiger partial charge on any atom is -0.481 e. The summed E-state index contributed by atoms with van der Waals surface area (Å²) in [4.78, 5) is 11.2. The molecule has 4 nitrogen and oxygen atoms in total. The first-order valence-corrected chi connectivity index (χ1v) is 7.85. The van der Waals surface area contributed by atoms with E-state index in [0.29, 0.717) is 4.47 Å².